The summed E-state index contributed by atoms with van der Waals surface area (Å²) in [5.74, 6) is 0.343. The van der Waals surface area contributed by atoms with E-state index >= 15 is 0 Å². The van der Waals surface area contributed by atoms with Gasteiger partial charge in [0.1, 0.15) is 11.6 Å². The minimum Gasteiger partial charge on any atom is -0.493 e. The van der Waals surface area contributed by atoms with Gasteiger partial charge < -0.3 is 19.3 Å². The standard InChI is InChI=1S/C25H33FN4O4/c1-20-7-10-27-30(20)12-8-23(31)29-11-2-9-25(18-29,17-24(32)28-13-15-33-16-14-28)19-34-22-5-3-21(26)4-6-22/h3-7,10H,2,8-9,11-19H2,1H3/t25-/m0/s1. The zero-order valence-electron chi connectivity index (χ0n) is 19.7. The molecule has 0 aliphatic carbocycles. The number of likely N-dealkylation sites (tertiary alicyclic amines) is 1. The van der Waals surface area contributed by atoms with Crippen LogP contribution in [0.2, 0.25) is 0 Å². The van der Waals surface area contributed by atoms with Crippen LogP contribution in [0.4, 0.5) is 4.39 Å². The largest absolute Gasteiger partial charge is 0.493 e. The Morgan fingerprint density at radius 2 is 1.85 bits per heavy atom. The number of halogens is 1. The van der Waals surface area contributed by atoms with E-state index in [9.17, 15) is 14.0 Å². The van der Waals surface area contributed by atoms with Crippen molar-refractivity contribution in [2.75, 3.05) is 46.0 Å². The van der Waals surface area contributed by atoms with E-state index in [1.54, 1.807) is 18.3 Å². The molecule has 0 spiro atoms. The smallest absolute Gasteiger partial charge is 0.224 e. The third kappa shape index (κ3) is 6.14. The van der Waals surface area contributed by atoms with Crippen molar-refractivity contribution in [2.45, 2.75) is 39.2 Å². The summed E-state index contributed by atoms with van der Waals surface area (Å²) in [4.78, 5) is 30.0. The van der Waals surface area contributed by atoms with E-state index in [0.29, 0.717) is 64.5 Å². The molecule has 8 nitrogen and oxygen atoms in total. The van der Waals surface area contributed by atoms with Gasteiger partial charge in [0.25, 0.3) is 0 Å². The minimum absolute atomic E-state index is 0.0552. The molecule has 2 fully saturated rings. The van der Waals surface area contributed by atoms with Gasteiger partial charge in [-0.2, -0.15) is 5.10 Å². The highest BCUT2D eigenvalue weighted by molar-refractivity contribution is 5.78. The number of rotatable bonds is 8. The molecule has 0 N–H and O–H groups in total. The highest BCUT2D eigenvalue weighted by Crippen LogP contribution is 2.35. The monoisotopic (exact) mass is 472 g/mol. The normalized spacial score (nSPS) is 20.9. The van der Waals surface area contributed by atoms with Gasteiger partial charge in [0, 0.05) is 62.9 Å². The number of aromatic nitrogens is 2. The molecule has 2 amide bonds. The Labute approximate surface area is 199 Å². The molecule has 2 aliphatic heterocycles. The summed E-state index contributed by atoms with van der Waals surface area (Å²) in [6, 6.07) is 7.81. The first-order valence-corrected chi connectivity index (χ1v) is 11.9. The molecule has 184 valence electrons. The molecule has 1 aromatic carbocycles. The first-order chi connectivity index (χ1) is 16.4. The molecule has 1 aromatic heterocycles. The van der Waals surface area contributed by atoms with E-state index in [4.69, 9.17) is 9.47 Å². The van der Waals surface area contributed by atoms with E-state index in [1.165, 1.54) is 12.1 Å². The summed E-state index contributed by atoms with van der Waals surface area (Å²) in [6.07, 6.45) is 3.98. The molecule has 2 aromatic rings. The van der Waals surface area contributed by atoms with Gasteiger partial charge in [-0.15, -0.1) is 0 Å². The van der Waals surface area contributed by atoms with E-state index in [1.807, 2.05) is 27.5 Å². The number of ether oxygens (including phenoxy) is 2. The van der Waals surface area contributed by atoms with Gasteiger partial charge in [0.05, 0.1) is 19.8 Å². The van der Waals surface area contributed by atoms with Crippen LogP contribution in [0.5, 0.6) is 5.75 Å². The summed E-state index contributed by atoms with van der Waals surface area (Å²) >= 11 is 0. The molecular weight excluding hydrogens is 439 g/mol. The average Bonchev–Trinajstić information content (AvgIpc) is 3.27. The number of carbonyl (C=O) groups is 2. The Morgan fingerprint density at radius 1 is 1.09 bits per heavy atom. The van der Waals surface area contributed by atoms with Crippen LogP contribution in [0.25, 0.3) is 0 Å². The third-order valence-corrected chi connectivity index (χ3v) is 6.73. The zero-order chi connectivity index (χ0) is 24.0. The molecule has 3 heterocycles. The molecule has 2 aliphatic rings. The Bertz CT molecular complexity index is 974. The van der Waals surface area contributed by atoms with Crippen LogP contribution in [0.1, 0.15) is 31.4 Å². The number of nitrogens with zero attached hydrogens (tertiary/aromatic N) is 4. The van der Waals surface area contributed by atoms with Crippen molar-refractivity contribution in [3.63, 3.8) is 0 Å². The lowest BCUT2D eigenvalue weighted by Gasteiger charge is -2.43. The molecule has 0 saturated carbocycles. The lowest BCUT2D eigenvalue weighted by atomic mass is 9.77. The van der Waals surface area contributed by atoms with Gasteiger partial charge >= 0.3 is 0 Å². The van der Waals surface area contributed by atoms with Crippen molar-refractivity contribution in [3.05, 3.63) is 48.0 Å². The molecule has 0 bridgehead atoms. The SMILES string of the molecule is Cc1ccnn1CCC(=O)N1CCC[C@](COc2ccc(F)cc2)(CC(=O)N2CCOCC2)C1. The summed E-state index contributed by atoms with van der Waals surface area (Å²) in [5.41, 5.74) is 0.517. The van der Waals surface area contributed by atoms with Gasteiger partial charge in [0.2, 0.25) is 11.8 Å². The minimum atomic E-state index is -0.501. The van der Waals surface area contributed by atoms with Gasteiger partial charge in [-0.3, -0.25) is 14.3 Å². The van der Waals surface area contributed by atoms with Crippen molar-refractivity contribution < 1.29 is 23.5 Å². The average molecular weight is 473 g/mol. The van der Waals surface area contributed by atoms with Crippen LogP contribution in [0.3, 0.4) is 0 Å². The van der Waals surface area contributed by atoms with Gasteiger partial charge in [-0.25, -0.2) is 4.39 Å². The maximum atomic E-state index is 13.3. The second-order valence-corrected chi connectivity index (χ2v) is 9.28. The van der Waals surface area contributed by atoms with E-state index in [2.05, 4.69) is 5.10 Å². The highest BCUT2D eigenvalue weighted by Gasteiger charge is 2.41. The molecule has 34 heavy (non-hydrogen) atoms. The zero-order valence-corrected chi connectivity index (χ0v) is 19.7. The number of hydrogen-bond acceptors (Lipinski definition) is 5. The topological polar surface area (TPSA) is 76.9 Å². The fourth-order valence-electron chi connectivity index (χ4n) is 4.74. The maximum Gasteiger partial charge on any atom is 0.224 e. The van der Waals surface area contributed by atoms with E-state index in [0.717, 1.165) is 18.5 Å². The molecule has 0 radical (unpaired) electrons. The van der Waals surface area contributed by atoms with Crippen LogP contribution in [0.15, 0.2) is 36.5 Å². The van der Waals surface area contributed by atoms with Crippen molar-refractivity contribution in [1.82, 2.24) is 19.6 Å². The van der Waals surface area contributed by atoms with Crippen molar-refractivity contribution >= 4 is 11.8 Å². The van der Waals surface area contributed by atoms with Crippen LogP contribution in [-0.4, -0.2) is 77.4 Å². The van der Waals surface area contributed by atoms with Crippen LogP contribution in [0, 0.1) is 18.2 Å². The second-order valence-electron chi connectivity index (χ2n) is 9.28. The number of carbonyl (C=O) groups excluding carboxylic acids is 2. The highest BCUT2D eigenvalue weighted by atomic mass is 19.1. The lowest BCUT2D eigenvalue weighted by molar-refractivity contribution is -0.144. The molecule has 0 unspecified atom stereocenters. The molecule has 2 saturated heterocycles. The predicted octanol–water partition coefficient (Wildman–Crippen LogP) is 2.66. The first-order valence-electron chi connectivity index (χ1n) is 11.9. The van der Waals surface area contributed by atoms with Gasteiger partial charge in [-0.05, 0) is 50.1 Å². The predicted molar refractivity (Wildman–Crippen MR) is 124 cm³/mol. The Kier molecular flexibility index (Phi) is 7.82. The molecule has 9 heteroatoms. The Morgan fingerprint density at radius 3 is 2.56 bits per heavy atom. The first kappa shape index (κ1) is 24.2. The van der Waals surface area contributed by atoms with Crippen LogP contribution in [-0.2, 0) is 20.9 Å². The van der Waals surface area contributed by atoms with Crippen molar-refractivity contribution in [2.24, 2.45) is 5.41 Å². The number of piperidine rings is 1. The quantitative estimate of drug-likeness (QED) is 0.591. The summed E-state index contributed by atoms with van der Waals surface area (Å²) in [7, 11) is 0. The number of hydrogen-bond donors (Lipinski definition) is 0. The number of benzene rings is 1. The summed E-state index contributed by atoms with van der Waals surface area (Å²) < 4.78 is 26.6. The van der Waals surface area contributed by atoms with Gasteiger partial charge in [-0.1, -0.05) is 0 Å². The molecule has 1 atom stereocenters. The molecular formula is C25H33FN4O4. The fourth-order valence-corrected chi connectivity index (χ4v) is 4.74. The Hall–Kier alpha value is -2.94. The maximum absolute atomic E-state index is 13.3. The van der Waals surface area contributed by atoms with Crippen molar-refractivity contribution in [1.29, 1.82) is 0 Å². The third-order valence-electron chi connectivity index (χ3n) is 6.73. The van der Waals surface area contributed by atoms with Crippen molar-refractivity contribution in [3.8, 4) is 5.75 Å². The van der Waals surface area contributed by atoms with Gasteiger partial charge in [0.15, 0.2) is 0 Å². The van der Waals surface area contributed by atoms with E-state index < -0.39 is 5.41 Å². The number of aryl methyl sites for hydroxylation is 2. The number of amides is 2. The summed E-state index contributed by atoms with van der Waals surface area (Å²) in [5, 5.41) is 4.26. The Balaban J connectivity index is 1.44. The van der Waals surface area contributed by atoms with Crippen LogP contribution < -0.4 is 4.74 Å². The number of morpholine rings is 1. The fraction of sp³-hybridized carbons (Fsp3) is 0.560. The summed E-state index contributed by atoms with van der Waals surface area (Å²) in [6.45, 7) is 6.16. The molecule has 4 rings (SSSR count). The van der Waals surface area contributed by atoms with Crippen LogP contribution >= 0.6 is 0 Å². The second kappa shape index (κ2) is 11.0. The van der Waals surface area contributed by atoms with E-state index in [-0.39, 0.29) is 24.2 Å². The lowest BCUT2D eigenvalue weighted by Crippen LogP contribution is -2.52.